The summed E-state index contributed by atoms with van der Waals surface area (Å²) in [5.41, 5.74) is 0.0184. The van der Waals surface area contributed by atoms with Crippen molar-refractivity contribution >= 4 is 29.8 Å². The number of esters is 3. The van der Waals surface area contributed by atoms with Gasteiger partial charge in [-0.1, -0.05) is 13.0 Å². The van der Waals surface area contributed by atoms with Crippen LogP contribution in [0.4, 0.5) is 0 Å². The molecule has 0 saturated heterocycles. The lowest BCUT2D eigenvalue weighted by atomic mass is 9.87. The molecular weight excluding hydrogens is 374 g/mol. The molecule has 0 spiro atoms. The molecule has 2 atom stereocenters. The molecule has 10 nitrogen and oxygen atoms in total. The molecule has 0 unspecified atom stereocenters. The SMILES string of the molecule is COC(=O)C(C(=O)OC)[C@H](C)[C@H](NC(=O)c1cccc(OC(C)=O)c1)C(=O)O. The summed E-state index contributed by atoms with van der Waals surface area (Å²) in [4.78, 5) is 59.0. The molecule has 0 saturated carbocycles. The van der Waals surface area contributed by atoms with Crippen LogP contribution in [0.2, 0.25) is 0 Å². The third kappa shape index (κ3) is 5.79. The molecule has 10 heteroatoms. The van der Waals surface area contributed by atoms with Crippen LogP contribution in [0.1, 0.15) is 24.2 Å². The number of amides is 1. The van der Waals surface area contributed by atoms with Gasteiger partial charge in [0.25, 0.3) is 5.91 Å². The molecule has 0 aliphatic rings. The molecule has 152 valence electrons. The highest BCUT2D eigenvalue weighted by atomic mass is 16.5. The monoisotopic (exact) mass is 395 g/mol. The summed E-state index contributed by atoms with van der Waals surface area (Å²) >= 11 is 0. The smallest absolute Gasteiger partial charge is 0.326 e. The second-order valence-corrected chi connectivity index (χ2v) is 5.79. The highest BCUT2D eigenvalue weighted by Crippen LogP contribution is 2.21. The van der Waals surface area contributed by atoms with Gasteiger partial charge in [-0.25, -0.2) is 4.79 Å². The molecule has 28 heavy (non-hydrogen) atoms. The van der Waals surface area contributed by atoms with Gasteiger partial charge < -0.3 is 24.6 Å². The summed E-state index contributed by atoms with van der Waals surface area (Å²) in [5, 5.41) is 11.7. The fourth-order valence-electron chi connectivity index (χ4n) is 2.48. The maximum Gasteiger partial charge on any atom is 0.326 e. The number of methoxy groups -OCH3 is 2. The lowest BCUT2D eigenvalue weighted by molar-refractivity contribution is -0.162. The molecule has 0 fully saturated rings. The summed E-state index contributed by atoms with van der Waals surface area (Å²) in [6.07, 6.45) is 0. The van der Waals surface area contributed by atoms with Crippen LogP contribution in [0.3, 0.4) is 0 Å². The van der Waals surface area contributed by atoms with Crippen LogP contribution in [0.25, 0.3) is 0 Å². The van der Waals surface area contributed by atoms with Crippen molar-refractivity contribution in [2.45, 2.75) is 19.9 Å². The third-order valence-electron chi connectivity index (χ3n) is 3.87. The number of ether oxygens (including phenoxy) is 3. The normalized spacial score (nSPS) is 12.5. The maximum absolute atomic E-state index is 12.5. The number of carboxylic acids is 1. The van der Waals surface area contributed by atoms with E-state index in [0.29, 0.717) is 0 Å². The van der Waals surface area contributed by atoms with Crippen molar-refractivity contribution in [3.8, 4) is 5.75 Å². The van der Waals surface area contributed by atoms with Crippen LogP contribution in [0, 0.1) is 11.8 Å². The van der Waals surface area contributed by atoms with Gasteiger partial charge in [-0.05, 0) is 18.2 Å². The Hall–Kier alpha value is -3.43. The van der Waals surface area contributed by atoms with E-state index in [1.54, 1.807) is 0 Å². The first-order valence-corrected chi connectivity index (χ1v) is 8.10. The number of nitrogens with one attached hydrogen (secondary N) is 1. The van der Waals surface area contributed by atoms with Crippen LogP contribution in [-0.4, -0.2) is 55.2 Å². The number of aliphatic carboxylic acids is 1. The van der Waals surface area contributed by atoms with Crippen LogP contribution < -0.4 is 10.1 Å². The van der Waals surface area contributed by atoms with Crippen LogP contribution >= 0.6 is 0 Å². The number of hydrogen-bond acceptors (Lipinski definition) is 8. The van der Waals surface area contributed by atoms with Gasteiger partial charge in [-0.15, -0.1) is 0 Å². The van der Waals surface area contributed by atoms with Crippen molar-refractivity contribution in [1.29, 1.82) is 0 Å². The Morgan fingerprint density at radius 1 is 1.04 bits per heavy atom. The summed E-state index contributed by atoms with van der Waals surface area (Å²) < 4.78 is 13.9. The van der Waals surface area contributed by atoms with E-state index >= 15 is 0 Å². The number of carbonyl (C=O) groups excluding carboxylic acids is 4. The van der Waals surface area contributed by atoms with Crippen LogP contribution in [-0.2, 0) is 28.7 Å². The zero-order valence-corrected chi connectivity index (χ0v) is 15.8. The Labute approximate surface area is 160 Å². The minimum Gasteiger partial charge on any atom is -0.480 e. The van der Waals surface area contributed by atoms with E-state index in [-0.39, 0.29) is 11.3 Å². The van der Waals surface area contributed by atoms with Gasteiger partial charge >= 0.3 is 23.9 Å². The standard InChI is InChI=1S/C18H21NO9/c1-9(13(17(24)26-3)18(25)27-4)14(16(22)23)19-15(21)11-6-5-7-12(8-11)28-10(2)20/h5-9,13-14H,1-4H3,(H,19,21)(H,22,23)/t9-,14-/m0/s1. The van der Waals surface area contributed by atoms with E-state index in [1.807, 2.05) is 0 Å². The average Bonchev–Trinajstić information content (AvgIpc) is 2.64. The molecule has 0 aliphatic heterocycles. The molecule has 0 aromatic heterocycles. The topological polar surface area (TPSA) is 145 Å². The van der Waals surface area contributed by atoms with Crippen molar-refractivity contribution in [3.05, 3.63) is 29.8 Å². The van der Waals surface area contributed by atoms with Gasteiger partial charge in [0.15, 0.2) is 5.92 Å². The lowest BCUT2D eigenvalue weighted by Gasteiger charge is -2.26. The van der Waals surface area contributed by atoms with E-state index in [4.69, 9.17) is 4.74 Å². The highest BCUT2D eigenvalue weighted by Gasteiger charge is 2.42. The Balaban J connectivity index is 3.10. The molecule has 1 aromatic rings. The number of carbonyl (C=O) groups is 5. The van der Waals surface area contributed by atoms with E-state index in [9.17, 15) is 29.1 Å². The van der Waals surface area contributed by atoms with Gasteiger partial charge in [0.2, 0.25) is 0 Å². The zero-order valence-electron chi connectivity index (χ0n) is 15.8. The van der Waals surface area contributed by atoms with E-state index in [1.165, 1.54) is 38.1 Å². The molecule has 0 bridgehead atoms. The minimum atomic E-state index is -1.60. The van der Waals surface area contributed by atoms with Crippen LogP contribution in [0.5, 0.6) is 5.75 Å². The number of hydrogen-bond donors (Lipinski definition) is 2. The molecule has 1 amide bonds. The zero-order chi connectivity index (χ0) is 21.4. The fraction of sp³-hybridized carbons (Fsp3) is 0.389. The predicted octanol–water partition coefficient (Wildman–Crippen LogP) is 0.393. The average molecular weight is 395 g/mol. The Bertz CT molecular complexity index is 758. The highest BCUT2D eigenvalue weighted by molar-refractivity contribution is 5.99. The quantitative estimate of drug-likeness (QED) is 0.363. The van der Waals surface area contributed by atoms with Gasteiger partial charge in [-0.3, -0.25) is 19.2 Å². The molecule has 2 N–H and O–H groups in total. The number of benzene rings is 1. The van der Waals surface area contributed by atoms with Crippen molar-refractivity contribution in [3.63, 3.8) is 0 Å². The Morgan fingerprint density at radius 3 is 2.07 bits per heavy atom. The summed E-state index contributed by atoms with van der Waals surface area (Å²) in [5.74, 6) is -7.47. The summed E-state index contributed by atoms with van der Waals surface area (Å²) in [6.45, 7) is 2.49. The van der Waals surface area contributed by atoms with Crippen molar-refractivity contribution < 1.29 is 43.3 Å². The Morgan fingerprint density at radius 2 is 1.61 bits per heavy atom. The number of rotatable bonds is 8. The molecular formula is C18H21NO9. The van der Waals surface area contributed by atoms with Gasteiger partial charge in [0, 0.05) is 18.4 Å². The largest absolute Gasteiger partial charge is 0.480 e. The Kier molecular flexibility index (Phi) is 8.11. The van der Waals surface area contributed by atoms with Crippen molar-refractivity contribution in [1.82, 2.24) is 5.32 Å². The molecule has 0 heterocycles. The predicted molar refractivity (Wildman–Crippen MR) is 93.3 cm³/mol. The summed E-state index contributed by atoms with van der Waals surface area (Å²) in [7, 11) is 2.08. The number of carboxylic acid groups (broad SMARTS) is 1. The fourth-order valence-corrected chi connectivity index (χ4v) is 2.48. The first kappa shape index (κ1) is 22.6. The van der Waals surface area contributed by atoms with Crippen molar-refractivity contribution in [2.75, 3.05) is 14.2 Å². The maximum atomic E-state index is 12.5. The molecule has 0 radical (unpaired) electrons. The van der Waals surface area contributed by atoms with Gasteiger partial charge in [0.05, 0.1) is 14.2 Å². The molecule has 1 rings (SSSR count). The lowest BCUT2D eigenvalue weighted by Crippen LogP contribution is -2.50. The van der Waals surface area contributed by atoms with E-state index in [2.05, 4.69) is 14.8 Å². The van der Waals surface area contributed by atoms with Crippen molar-refractivity contribution in [2.24, 2.45) is 11.8 Å². The van der Waals surface area contributed by atoms with Gasteiger partial charge in [0.1, 0.15) is 11.8 Å². The van der Waals surface area contributed by atoms with Gasteiger partial charge in [-0.2, -0.15) is 0 Å². The van der Waals surface area contributed by atoms with Crippen LogP contribution in [0.15, 0.2) is 24.3 Å². The van der Waals surface area contributed by atoms with E-state index in [0.717, 1.165) is 14.2 Å². The summed E-state index contributed by atoms with van der Waals surface area (Å²) in [6, 6.07) is 3.91. The first-order valence-electron chi connectivity index (χ1n) is 8.10. The minimum absolute atomic E-state index is 0.0184. The third-order valence-corrected chi connectivity index (χ3v) is 3.87. The van der Waals surface area contributed by atoms with E-state index < -0.39 is 47.7 Å². The molecule has 0 aliphatic carbocycles. The first-order chi connectivity index (χ1) is 13.1. The molecule has 1 aromatic carbocycles. The second-order valence-electron chi connectivity index (χ2n) is 5.79. The second kappa shape index (κ2) is 10.0.